The summed E-state index contributed by atoms with van der Waals surface area (Å²) >= 11 is 0. The molecule has 0 radical (unpaired) electrons. The minimum absolute atomic E-state index is 0.400. The number of ether oxygens (including phenoxy) is 1. The second-order valence-electron chi connectivity index (χ2n) is 3.32. The van der Waals surface area contributed by atoms with E-state index >= 15 is 0 Å². The van der Waals surface area contributed by atoms with Crippen LogP contribution in [0, 0.1) is 0 Å². The van der Waals surface area contributed by atoms with Gasteiger partial charge in [-0.05, 0) is 31.8 Å². The molecule has 1 fully saturated rings. The molecule has 0 spiro atoms. The third kappa shape index (κ3) is 2.31. The fraction of sp³-hybridized carbons (Fsp3) is 0.778. The molecule has 0 aromatic carbocycles. The maximum atomic E-state index is 5.78. The van der Waals surface area contributed by atoms with Crippen LogP contribution >= 0.6 is 0 Å². The Hall–Kier alpha value is -0.340. The Kier molecular flexibility index (Phi) is 3.09. The summed E-state index contributed by atoms with van der Waals surface area (Å²) in [5, 5.41) is 0. The molecule has 1 aliphatic rings. The molecule has 1 aliphatic carbocycles. The van der Waals surface area contributed by atoms with Crippen LogP contribution in [-0.2, 0) is 4.74 Å². The first-order valence-electron chi connectivity index (χ1n) is 4.16. The number of nitrogens with two attached hydrogens (primary N) is 1. The van der Waals surface area contributed by atoms with Gasteiger partial charge in [0.05, 0.1) is 6.61 Å². The zero-order chi connectivity index (χ0) is 8.27. The Balaban J connectivity index is 2.51. The second kappa shape index (κ2) is 3.88. The zero-order valence-corrected chi connectivity index (χ0v) is 7.39. The molecule has 0 amide bonds. The molecule has 2 N–H and O–H groups in total. The third-order valence-corrected chi connectivity index (χ3v) is 2.29. The first-order valence-corrected chi connectivity index (χ1v) is 4.16. The van der Waals surface area contributed by atoms with Crippen LogP contribution in [0.15, 0.2) is 11.1 Å². The molecule has 2 nitrogen and oxygen atoms in total. The summed E-state index contributed by atoms with van der Waals surface area (Å²) in [6, 6.07) is 0.400. The third-order valence-electron chi connectivity index (χ3n) is 2.29. The fourth-order valence-electron chi connectivity index (χ4n) is 1.59. The molecule has 0 bridgehead atoms. The van der Waals surface area contributed by atoms with Crippen molar-refractivity contribution in [2.45, 2.75) is 32.2 Å². The topological polar surface area (TPSA) is 35.2 Å². The van der Waals surface area contributed by atoms with E-state index in [9.17, 15) is 0 Å². The summed E-state index contributed by atoms with van der Waals surface area (Å²) < 4.78 is 5.05. The monoisotopic (exact) mass is 155 g/mol. The van der Waals surface area contributed by atoms with E-state index in [4.69, 9.17) is 10.5 Å². The molecule has 0 aromatic rings. The van der Waals surface area contributed by atoms with Crippen LogP contribution in [0.3, 0.4) is 0 Å². The molecule has 64 valence electrons. The Labute approximate surface area is 68.4 Å². The number of hydrogen-bond acceptors (Lipinski definition) is 2. The highest BCUT2D eigenvalue weighted by molar-refractivity contribution is 5.17. The predicted molar refractivity (Wildman–Crippen MR) is 46.4 cm³/mol. The molecular weight excluding hydrogens is 138 g/mol. The van der Waals surface area contributed by atoms with Crippen molar-refractivity contribution in [1.82, 2.24) is 0 Å². The van der Waals surface area contributed by atoms with Crippen LogP contribution in [-0.4, -0.2) is 19.8 Å². The van der Waals surface area contributed by atoms with Crippen LogP contribution in [0.4, 0.5) is 0 Å². The lowest BCUT2D eigenvalue weighted by molar-refractivity contribution is 0.225. The maximum Gasteiger partial charge on any atom is 0.0672 e. The van der Waals surface area contributed by atoms with Gasteiger partial charge in [0.1, 0.15) is 0 Å². The zero-order valence-electron chi connectivity index (χ0n) is 7.39. The van der Waals surface area contributed by atoms with Gasteiger partial charge in [-0.1, -0.05) is 5.57 Å². The Morgan fingerprint density at radius 2 is 2.45 bits per heavy atom. The van der Waals surface area contributed by atoms with E-state index in [2.05, 4.69) is 6.92 Å². The molecule has 0 heterocycles. The average molecular weight is 155 g/mol. The normalized spacial score (nSPS) is 29.2. The molecule has 1 rings (SSSR count). The fourth-order valence-corrected chi connectivity index (χ4v) is 1.59. The van der Waals surface area contributed by atoms with Crippen molar-refractivity contribution in [2.24, 2.45) is 5.73 Å². The maximum absolute atomic E-state index is 5.78. The molecule has 1 atom stereocenters. The van der Waals surface area contributed by atoms with Gasteiger partial charge in [0.25, 0.3) is 0 Å². The average Bonchev–Trinajstić information content (AvgIpc) is 2.36. The number of hydrogen-bond donors (Lipinski definition) is 1. The summed E-state index contributed by atoms with van der Waals surface area (Å²) in [6.07, 6.45) is 3.40. The van der Waals surface area contributed by atoms with Gasteiger partial charge < -0.3 is 10.5 Å². The van der Waals surface area contributed by atoms with E-state index in [1.54, 1.807) is 7.11 Å². The van der Waals surface area contributed by atoms with Crippen LogP contribution in [0.1, 0.15) is 26.2 Å². The molecule has 2 heteroatoms. The van der Waals surface area contributed by atoms with Gasteiger partial charge in [0.2, 0.25) is 0 Å². The molecule has 1 saturated carbocycles. The summed E-state index contributed by atoms with van der Waals surface area (Å²) in [5.41, 5.74) is 8.67. The second-order valence-corrected chi connectivity index (χ2v) is 3.32. The summed E-state index contributed by atoms with van der Waals surface area (Å²) in [4.78, 5) is 0. The summed E-state index contributed by atoms with van der Waals surface area (Å²) in [5.74, 6) is 0. The largest absolute Gasteiger partial charge is 0.380 e. The van der Waals surface area contributed by atoms with Crippen molar-refractivity contribution >= 4 is 0 Å². The van der Waals surface area contributed by atoms with Crippen molar-refractivity contribution in [1.29, 1.82) is 0 Å². The minimum Gasteiger partial charge on any atom is -0.380 e. The minimum atomic E-state index is 0.400. The van der Waals surface area contributed by atoms with Crippen LogP contribution in [0.25, 0.3) is 0 Å². The number of methoxy groups -OCH3 is 1. The molecule has 0 aliphatic heterocycles. The summed E-state index contributed by atoms with van der Waals surface area (Å²) in [7, 11) is 1.74. The van der Waals surface area contributed by atoms with E-state index in [1.165, 1.54) is 17.6 Å². The SMILES string of the molecule is COCC(C)=C1CCC(N)C1. The highest BCUT2D eigenvalue weighted by Crippen LogP contribution is 2.25. The van der Waals surface area contributed by atoms with Crippen molar-refractivity contribution in [3.8, 4) is 0 Å². The molecular formula is C9H17NO. The highest BCUT2D eigenvalue weighted by atomic mass is 16.5. The number of rotatable bonds is 2. The molecule has 0 aromatic heterocycles. The molecule has 11 heavy (non-hydrogen) atoms. The van der Waals surface area contributed by atoms with Crippen LogP contribution < -0.4 is 5.73 Å². The van der Waals surface area contributed by atoms with Crippen LogP contribution in [0.5, 0.6) is 0 Å². The van der Waals surface area contributed by atoms with Gasteiger partial charge in [-0.15, -0.1) is 0 Å². The standard InChI is InChI=1S/C9H17NO/c1-7(6-11-2)8-3-4-9(10)5-8/h9H,3-6,10H2,1-2H3. The predicted octanol–water partition coefficient (Wildman–Crippen LogP) is 1.46. The van der Waals surface area contributed by atoms with E-state index in [1.807, 2.05) is 0 Å². The van der Waals surface area contributed by atoms with Gasteiger partial charge in [0, 0.05) is 13.2 Å². The van der Waals surface area contributed by atoms with Gasteiger partial charge in [-0.2, -0.15) is 0 Å². The van der Waals surface area contributed by atoms with Crippen molar-refractivity contribution in [3.63, 3.8) is 0 Å². The smallest absolute Gasteiger partial charge is 0.0672 e. The summed E-state index contributed by atoms with van der Waals surface area (Å²) in [6.45, 7) is 2.90. The van der Waals surface area contributed by atoms with Gasteiger partial charge in [-0.25, -0.2) is 0 Å². The van der Waals surface area contributed by atoms with E-state index in [-0.39, 0.29) is 0 Å². The lowest BCUT2D eigenvalue weighted by atomic mass is 10.1. The highest BCUT2D eigenvalue weighted by Gasteiger charge is 2.16. The lowest BCUT2D eigenvalue weighted by Crippen LogP contribution is -2.13. The quantitative estimate of drug-likeness (QED) is 0.613. The van der Waals surface area contributed by atoms with Gasteiger partial charge >= 0.3 is 0 Å². The Morgan fingerprint density at radius 1 is 1.73 bits per heavy atom. The van der Waals surface area contributed by atoms with Crippen molar-refractivity contribution in [3.05, 3.63) is 11.1 Å². The van der Waals surface area contributed by atoms with E-state index in [0.717, 1.165) is 19.4 Å². The van der Waals surface area contributed by atoms with Crippen molar-refractivity contribution < 1.29 is 4.74 Å². The van der Waals surface area contributed by atoms with Gasteiger partial charge in [0.15, 0.2) is 0 Å². The molecule has 1 unspecified atom stereocenters. The molecule has 0 saturated heterocycles. The first kappa shape index (κ1) is 8.75. The Bertz CT molecular complexity index is 163. The Morgan fingerprint density at radius 3 is 2.91 bits per heavy atom. The van der Waals surface area contributed by atoms with E-state index in [0.29, 0.717) is 6.04 Å². The van der Waals surface area contributed by atoms with Crippen LogP contribution in [0.2, 0.25) is 0 Å². The lowest BCUT2D eigenvalue weighted by Gasteiger charge is -2.04. The van der Waals surface area contributed by atoms with Crippen molar-refractivity contribution in [2.75, 3.05) is 13.7 Å². The van der Waals surface area contributed by atoms with Gasteiger partial charge in [-0.3, -0.25) is 0 Å². The van der Waals surface area contributed by atoms with E-state index < -0.39 is 0 Å². The first-order chi connectivity index (χ1) is 5.24.